The van der Waals surface area contributed by atoms with E-state index in [2.05, 4.69) is 5.32 Å². The molecule has 0 radical (unpaired) electrons. The van der Waals surface area contributed by atoms with Crippen LogP contribution in [0, 0.1) is 11.7 Å². The molecule has 0 bridgehead atoms. The Morgan fingerprint density at radius 1 is 1.39 bits per heavy atom. The van der Waals surface area contributed by atoms with E-state index in [0.717, 1.165) is 25.1 Å². The fourth-order valence-corrected chi connectivity index (χ4v) is 1.13. The lowest BCUT2D eigenvalue weighted by molar-refractivity contribution is -0.144. The number of carbonyl (C=O) groups is 3. The number of hydrogen-bond donors (Lipinski definition) is 3. The van der Waals surface area contributed by atoms with Crippen LogP contribution in [-0.2, 0) is 9.59 Å². The van der Waals surface area contributed by atoms with Crippen molar-refractivity contribution in [3.05, 3.63) is 29.6 Å². The number of nitrogens with two attached hydrogens (primary N) is 1. The van der Waals surface area contributed by atoms with E-state index >= 15 is 0 Å². The Labute approximate surface area is 102 Å². The van der Waals surface area contributed by atoms with Gasteiger partial charge in [0.1, 0.15) is 11.7 Å². The molecule has 0 saturated carbocycles. The Morgan fingerprint density at radius 2 is 2.00 bits per heavy atom. The van der Waals surface area contributed by atoms with E-state index < -0.39 is 29.5 Å². The zero-order valence-electron chi connectivity index (χ0n) is 9.44. The number of carbonyl (C=O) groups excluding carboxylic acids is 2. The van der Waals surface area contributed by atoms with Crippen molar-refractivity contribution in [3.63, 3.8) is 0 Å². The monoisotopic (exact) mass is 254 g/mol. The molecule has 0 spiro atoms. The molecule has 0 saturated heterocycles. The van der Waals surface area contributed by atoms with Gasteiger partial charge in [0.25, 0.3) is 0 Å². The van der Waals surface area contributed by atoms with Crippen LogP contribution in [-0.4, -0.2) is 22.9 Å². The number of aliphatic carboxylic acids is 1. The molecule has 0 aliphatic carbocycles. The summed E-state index contributed by atoms with van der Waals surface area (Å²) >= 11 is 0. The second-order valence-corrected chi connectivity index (χ2v) is 3.61. The highest BCUT2D eigenvalue weighted by molar-refractivity contribution is 6.04. The molecule has 1 atom stereocenters. The fraction of sp³-hybridized carbons (Fsp3) is 0.182. The van der Waals surface area contributed by atoms with Gasteiger partial charge in [0.2, 0.25) is 11.8 Å². The number of primary amides is 1. The van der Waals surface area contributed by atoms with Gasteiger partial charge in [0.15, 0.2) is 0 Å². The normalized spacial score (nSPS) is 11.7. The van der Waals surface area contributed by atoms with Crippen molar-refractivity contribution < 1.29 is 23.9 Å². The van der Waals surface area contributed by atoms with E-state index in [-0.39, 0.29) is 11.3 Å². The summed E-state index contributed by atoms with van der Waals surface area (Å²) < 4.78 is 13.3. The Morgan fingerprint density at radius 3 is 2.50 bits per heavy atom. The van der Waals surface area contributed by atoms with Gasteiger partial charge in [-0.1, -0.05) is 0 Å². The Balaban J connectivity index is 2.97. The highest BCUT2D eigenvalue weighted by atomic mass is 19.1. The number of carboxylic acid groups (broad SMARTS) is 1. The first-order chi connectivity index (χ1) is 8.32. The van der Waals surface area contributed by atoms with Gasteiger partial charge in [0.05, 0.1) is 5.69 Å². The van der Waals surface area contributed by atoms with E-state index in [4.69, 9.17) is 10.8 Å². The molecule has 4 N–H and O–H groups in total. The lowest BCUT2D eigenvalue weighted by atomic mass is 10.1. The lowest BCUT2D eigenvalue weighted by Crippen LogP contribution is -2.27. The number of carboxylic acids is 1. The first kappa shape index (κ1) is 13.6. The molecule has 7 heteroatoms. The summed E-state index contributed by atoms with van der Waals surface area (Å²) in [4.78, 5) is 32.9. The van der Waals surface area contributed by atoms with Crippen LogP contribution in [0.25, 0.3) is 0 Å². The number of anilines is 1. The smallest absolute Gasteiger partial charge is 0.315 e. The van der Waals surface area contributed by atoms with Crippen molar-refractivity contribution in [2.24, 2.45) is 11.7 Å². The van der Waals surface area contributed by atoms with Crippen LogP contribution in [0.4, 0.5) is 10.1 Å². The maximum Gasteiger partial charge on any atom is 0.315 e. The molecule has 2 amide bonds. The zero-order chi connectivity index (χ0) is 13.9. The molecular weight excluding hydrogens is 243 g/mol. The third-order valence-corrected chi connectivity index (χ3v) is 2.27. The van der Waals surface area contributed by atoms with Crippen LogP contribution in [0.3, 0.4) is 0 Å². The molecule has 0 aromatic heterocycles. The largest absolute Gasteiger partial charge is 0.481 e. The number of nitrogens with one attached hydrogen (secondary N) is 1. The first-order valence-electron chi connectivity index (χ1n) is 4.96. The summed E-state index contributed by atoms with van der Waals surface area (Å²) in [5, 5.41) is 10.7. The van der Waals surface area contributed by atoms with Crippen LogP contribution >= 0.6 is 0 Å². The van der Waals surface area contributed by atoms with Gasteiger partial charge in [-0.3, -0.25) is 14.4 Å². The molecule has 1 aromatic carbocycles. The zero-order valence-corrected chi connectivity index (χ0v) is 9.44. The number of benzene rings is 1. The summed E-state index contributed by atoms with van der Waals surface area (Å²) in [6.45, 7) is 1.16. The molecule has 96 valence electrons. The second-order valence-electron chi connectivity index (χ2n) is 3.61. The lowest BCUT2D eigenvalue weighted by Gasteiger charge is -2.09. The van der Waals surface area contributed by atoms with Gasteiger partial charge in [-0.2, -0.15) is 0 Å². The minimum absolute atomic E-state index is 0.00896. The van der Waals surface area contributed by atoms with Crippen molar-refractivity contribution in [1.82, 2.24) is 0 Å². The topological polar surface area (TPSA) is 109 Å². The van der Waals surface area contributed by atoms with Gasteiger partial charge in [-0.05, 0) is 25.1 Å². The third kappa shape index (κ3) is 3.03. The summed E-state index contributed by atoms with van der Waals surface area (Å²) in [5.41, 5.74) is 4.72. The Bertz CT molecular complexity index is 516. The molecule has 1 unspecified atom stereocenters. The summed E-state index contributed by atoms with van der Waals surface area (Å²) in [6.07, 6.45) is 0. The first-order valence-corrected chi connectivity index (χ1v) is 4.96. The molecule has 0 fully saturated rings. The van der Waals surface area contributed by atoms with E-state index in [1.54, 1.807) is 0 Å². The van der Waals surface area contributed by atoms with E-state index in [1.807, 2.05) is 0 Å². The molecule has 6 nitrogen and oxygen atoms in total. The maximum atomic E-state index is 13.3. The van der Waals surface area contributed by atoms with Crippen molar-refractivity contribution >= 4 is 23.5 Å². The average molecular weight is 254 g/mol. The van der Waals surface area contributed by atoms with Crippen molar-refractivity contribution in [2.45, 2.75) is 6.92 Å². The van der Waals surface area contributed by atoms with Gasteiger partial charge in [-0.15, -0.1) is 0 Å². The maximum absolute atomic E-state index is 13.3. The number of rotatable bonds is 4. The Hall–Kier alpha value is -2.44. The van der Waals surface area contributed by atoms with Crippen LogP contribution in [0.2, 0.25) is 0 Å². The van der Waals surface area contributed by atoms with Crippen molar-refractivity contribution in [2.75, 3.05) is 5.32 Å². The summed E-state index contributed by atoms with van der Waals surface area (Å²) in [7, 11) is 0. The van der Waals surface area contributed by atoms with Crippen LogP contribution in [0.15, 0.2) is 18.2 Å². The van der Waals surface area contributed by atoms with Crippen LogP contribution in [0.1, 0.15) is 17.3 Å². The summed E-state index contributed by atoms with van der Waals surface area (Å²) in [6, 6.07) is 3.17. The molecule has 1 rings (SSSR count). The number of hydrogen-bond acceptors (Lipinski definition) is 3. The van der Waals surface area contributed by atoms with Crippen LogP contribution < -0.4 is 11.1 Å². The van der Waals surface area contributed by atoms with Crippen LogP contribution in [0.5, 0.6) is 0 Å². The fourth-order valence-electron chi connectivity index (χ4n) is 1.13. The van der Waals surface area contributed by atoms with E-state index in [1.165, 1.54) is 0 Å². The van der Waals surface area contributed by atoms with Gasteiger partial charge in [0, 0.05) is 5.56 Å². The highest BCUT2D eigenvalue weighted by Gasteiger charge is 2.21. The van der Waals surface area contributed by atoms with Gasteiger partial charge < -0.3 is 16.2 Å². The third-order valence-electron chi connectivity index (χ3n) is 2.27. The minimum Gasteiger partial charge on any atom is -0.481 e. The molecule has 0 aliphatic heterocycles. The molecular formula is C11H11FN2O4. The Kier molecular flexibility index (Phi) is 3.98. The molecule has 1 aromatic rings. The van der Waals surface area contributed by atoms with Gasteiger partial charge >= 0.3 is 5.97 Å². The predicted molar refractivity (Wildman–Crippen MR) is 60.3 cm³/mol. The van der Waals surface area contributed by atoms with Crippen molar-refractivity contribution in [3.8, 4) is 0 Å². The van der Waals surface area contributed by atoms with E-state index in [0.29, 0.717) is 0 Å². The number of halogens is 1. The molecule has 0 heterocycles. The predicted octanol–water partition coefficient (Wildman–Crippen LogP) is 0.584. The molecule has 0 aliphatic rings. The van der Waals surface area contributed by atoms with Gasteiger partial charge in [-0.25, -0.2) is 4.39 Å². The minimum atomic E-state index is -1.33. The average Bonchev–Trinajstić information content (AvgIpc) is 2.30. The quantitative estimate of drug-likeness (QED) is 0.683. The SMILES string of the molecule is CC(C(=O)O)C(=O)Nc1cc(C(N)=O)ccc1F. The highest BCUT2D eigenvalue weighted by Crippen LogP contribution is 2.17. The number of amides is 2. The summed E-state index contributed by atoms with van der Waals surface area (Å²) in [5.74, 6) is -5.12. The molecule has 18 heavy (non-hydrogen) atoms. The second kappa shape index (κ2) is 5.26. The van der Waals surface area contributed by atoms with Crippen molar-refractivity contribution in [1.29, 1.82) is 0 Å². The standard InChI is InChI=1S/C11H11FN2O4/c1-5(11(17)18)10(16)14-8-4-6(9(13)15)2-3-7(8)12/h2-5H,1H3,(H2,13,15)(H,14,16)(H,17,18). The van der Waals surface area contributed by atoms with E-state index in [9.17, 15) is 18.8 Å².